The summed E-state index contributed by atoms with van der Waals surface area (Å²) in [7, 11) is 0. The van der Waals surface area contributed by atoms with Crippen LogP contribution < -0.4 is 11.1 Å². The summed E-state index contributed by atoms with van der Waals surface area (Å²) in [5, 5.41) is 11.8. The van der Waals surface area contributed by atoms with Crippen LogP contribution in [0.1, 0.15) is 44.9 Å². The Hall–Kier alpha value is -1.10. The van der Waals surface area contributed by atoms with Crippen LogP contribution in [0.3, 0.4) is 0 Å². The molecule has 0 aromatic carbocycles. The van der Waals surface area contributed by atoms with Gasteiger partial charge in [-0.05, 0) is 50.9 Å². The molecule has 2 fully saturated rings. The van der Waals surface area contributed by atoms with E-state index in [0.717, 1.165) is 44.9 Å². The molecule has 0 atom stereocenters. The minimum absolute atomic E-state index is 0.0332. The number of hydrogen-bond donors (Lipinski definition) is 3. The van der Waals surface area contributed by atoms with Gasteiger partial charge in [0.05, 0.1) is 11.5 Å². The standard InChI is InChI=1S/C13H22N2O3/c14-13(6-1-7-13)12(18)15-8-9-2-4-10(5-3-9)11(16)17/h9-10H,1-8,14H2,(H,15,18)(H,16,17). The molecule has 18 heavy (non-hydrogen) atoms. The summed E-state index contributed by atoms with van der Waals surface area (Å²) in [6, 6.07) is 0. The summed E-state index contributed by atoms with van der Waals surface area (Å²) < 4.78 is 0. The average molecular weight is 254 g/mol. The Balaban J connectivity index is 1.69. The summed E-state index contributed by atoms with van der Waals surface area (Å²) in [6.07, 6.45) is 5.82. The van der Waals surface area contributed by atoms with E-state index in [9.17, 15) is 9.59 Å². The van der Waals surface area contributed by atoms with Crippen molar-refractivity contribution >= 4 is 11.9 Å². The predicted octanol–water partition coefficient (Wildman–Crippen LogP) is 0.875. The predicted molar refractivity (Wildman–Crippen MR) is 66.9 cm³/mol. The first-order chi connectivity index (χ1) is 8.51. The monoisotopic (exact) mass is 254 g/mol. The van der Waals surface area contributed by atoms with E-state index in [-0.39, 0.29) is 11.8 Å². The number of carboxylic acid groups (broad SMARTS) is 1. The number of nitrogens with two attached hydrogens (primary N) is 1. The Morgan fingerprint density at radius 1 is 1.22 bits per heavy atom. The molecule has 2 rings (SSSR count). The van der Waals surface area contributed by atoms with Gasteiger partial charge in [0.1, 0.15) is 0 Å². The lowest BCUT2D eigenvalue weighted by molar-refractivity contribution is -0.143. The first-order valence-electron chi connectivity index (χ1n) is 6.81. The average Bonchev–Trinajstić information content (AvgIpc) is 2.33. The Morgan fingerprint density at radius 2 is 1.83 bits per heavy atom. The van der Waals surface area contributed by atoms with Crippen LogP contribution in [-0.2, 0) is 9.59 Å². The molecule has 0 aromatic heterocycles. The van der Waals surface area contributed by atoms with Gasteiger partial charge in [-0.3, -0.25) is 9.59 Å². The Labute approximate surface area is 107 Å². The highest BCUT2D eigenvalue weighted by Crippen LogP contribution is 2.30. The molecule has 2 saturated carbocycles. The van der Waals surface area contributed by atoms with Crippen molar-refractivity contribution in [2.75, 3.05) is 6.54 Å². The van der Waals surface area contributed by atoms with E-state index in [4.69, 9.17) is 10.8 Å². The third kappa shape index (κ3) is 2.83. The van der Waals surface area contributed by atoms with Crippen LogP contribution in [0, 0.1) is 11.8 Å². The molecule has 0 heterocycles. The summed E-state index contributed by atoms with van der Waals surface area (Å²) in [5.41, 5.74) is 5.31. The maximum absolute atomic E-state index is 11.8. The van der Waals surface area contributed by atoms with Crippen molar-refractivity contribution in [1.82, 2.24) is 5.32 Å². The van der Waals surface area contributed by atoms with Crippen molar-refractivity contribution < 1.29 is 14.7 Å². The van der Waals surface area contributed by atoms with Gasteiger partial charge >= 0.3 is 5.97 Å². The molecule has 0 radical (unpaired) electrons. The molecule has 0 unspecified atom stereocenters. The van der Waals surface area contributed by atoms with E-state index < -0.39 is 11.5 Å². The Morgan fingerprint density at radius 3 is 2.28 bits per heavy atom. The fourth-order valence-electron chi connectivity index (χ4n) is 2.81. The normalized spacial score (nSPS) is 30.3. The summed E-state index contributed by atoms with van der Waals surface area (Å²) in [4.78, 5) is 22.7. The minimum atomic E-state index is -0.687. The number of aliphatic carboxylic acids is 1. The van der Waals surface area contributed by atoms with Gasteiger partial charge in [-0.15, -0.1) is 0 Å². The van der Waals surface area contributed by atoms with Crippen molar-refractivity contribution in [3.63, 3.8) is 0 Å². The van der Waals surface area contributed by atoms with Crippen molar-refractivity contribution in [3.8, 4) is 0 Å². The van der Waals surface area contributed by atoms with Gasteiger partial charge in [-0.2, -0.15) is 0 Å². The summed E-state index contributed by atoms with van der Waals surface area (Å²) >= 11 is 0. The molecule has 0 bridgehead atoms. The van der Waals surface area contributed by atoms with E-state index in [1.807, 2.05) is 0 Å². The second kappa shape index (κ2) is 5.26. The van der Waals surface area contributed by atoms with Crippen molar-refractivity contribution in [3.05, 3.63) is 0 Å². The molecular formula is C13H22N2O3. The van der Waals surface area contributed by atoms with Gasteiger partial charge in [0.15, 0.2) is 0 Å². The van der Waals surface area contributed by atoms with Gasteiger partial charge in [0, 0.05) is 6.54 Å². The number of carbonyl (C=O) groups excluding carboxylic acids is 1. The number of amides is 1. The Kier molecular flexibility index (Phi) is 3.90. The zero-order chi connectivity index (χ0) is 13.2. The molecule has 1 amide bonds. The molecule has 0 saturated heterocycles. The fourth-order valence-corrected chi connectivity index (χ4v) is 2.81. The molecule has 4 N–H and O–H groups in total. The SMILES string of the molecule is NC1(C(=O)NCC2CCC(C(=O)O)CC2)CCC1. The molecule has 5 heteroatoms. The van der Waals surface area contributed by atoms with Crippen LogP contribution >= 0.6 is 0 Å². The minimum Gasteiger partial charge on any atom is -0.481 e. The summed E-state index contributed by atoms with van der Waals surface area (Å²) in [6.45, 7) is 0.643. The second-order valence-electron chi connectivity index (χ2n) is 5.78. The maximum Gasteiger partial charge on any atom is 0.306 e. The maximum atomic E-state index is 11.8. The molecule has 0 aromatic rings. The van der Waals surface area contributed by atoms with Crippen LogP contribution in [0.2, 0.25) is 0 Å². The van der Waals surface area contributed by atoms with Crippen LogP contribution in [0.5, 0.6) is 0 Å². The zero-order valence-electron chi connectivity index (χ0n) is 10.7. The number of carboxylic acids is 1. The third-order valence-corrected chi connectivity index (χ3v) is 4.45. The topological polar surface area (TPSA) is 92.4 Å². The van der Waals surface area contributed by atoms with E-state index in [1.54, 1.807) is 0 Å². The zero-order valence-corrected chi connectivity index (χ0v) is 10.7. The van der Waals surface area contributed by atoms with Gasteiger partial charge in [-0.1, -0.05) is 0 Å². The van der Waals surface area contributed by atoms with E-state index in [0.29, 0.717) is 12.5 Å². The highest BCUT2D eigenvalue weighted by atomic mass is 16.4. The van der Waals surface area contributed by atoms with Gasteiger partial charge in [-0.25, -0.2) is 0 Å². The molecule has 2 aliphatic carbocycles. The quantitative estimate of drug-likeness (QED) is 0.694. The number of rotatable bonds is 4. The first-order valence-corrected chi connectivity index (χ1v) is 6.81. The largest absolute Gasteiger partial charge is 0.481 e. The first kappa shape index (κ1) is 13.3. The summed E-state index contributed by atoms with van der Waals surface area (Å²) in [5.74, 6) is -0.500. The Bertz CT molecular complexity index is 331. The van der Waals surface area contributed by atoms with Crippen LogP contribution in [0.15, 0.2) is 0 Å². The van der Waals surface area contributed by atoms with E-state index in [1.165, 1.54) is 0 Å². The van der Waals surface area contributed by atoms with E-state index >= 15 is 0 Å². The third-order valence-electron chi connectivity index (χ3n) is 4.45. The lowest BCUT2D eigenvalue weighted by Crippen LogP contribution is -2.59. The van der Waals surface area contributed by atoms with Gasteiger partial charge in [0.2, 0.25) is 5.91 Å². The molecule has 5 nitrogen and oxygen atoms in total. The highest BCUT2D eigenvalue weighted by molar-refractivity contribution is 5.86. The van der Waals surface area contributed by atoms with Gasteiger partial charge < -0.3 is 16.2 Å². The molecule has 102 valence electrons. The molecule has 0 spiro atoms. The van der Waals surface area contributed by atoms with Gasteiger partial charge in [0.25, 0.3) is 0 Å². The van der Waals surface area contributed by atoms with Crippen molar-refractivity contribution in [1.29, 1.82) is 0 Å². The lowest BCUT2D eigenvalue weighted by atomic mass is 9.76. The highest BCUT2D eigenvalue weighted by Gasteiger charge is 2.40. The fraction of sp³-hybridized carbons (Fsp3) is 0.846. The number of hydrogen-bond acceptors (Lipinski definition) is 3. The van der Waals surface area contributed by atoms with Crippen LogP contribution in [0.4, 0.5) is 0 Å². The molecule has 0 aliphatic heterocycles. The number of carbonyl (C=O) groups is 2. The molecule has 2 aliphatic rings. The van der Waals surface area contributed by atoms with E-state index in [2.05, 4.69) is 5.32 Å². The second-order valence-corrected chi connectivity index (χ2v) is 5.78. The lowest BCUT2D eigenvalue weighted by Gasteiger charge is -2.37. The molecular weight excluding hydrogens is 232 g/mol. The van der Waals surface area contributed by atoms with Crippen LogP contribution in [-0.4, -0.2) is 29.1 Å². The smallest absolute Gasteiger partial charge is 0.306 e. The van der Waals surface area contributed by atoms with Crippen molar-refractivity contribution in [2.24, 2.45) is 17.6 Å². The number of nitrogens with one attached hydrogen (secondary N) is 1. The van der Waals surface area contributed by atoms with Crippen LogP contribution in [0.25, 0.3) is 0 Å². The van der Waals surface area contributed by atoms with Crippen molar-refractivity contribution in [2.45, 2.75) is 50.5 Å².